The standard InChI is InChI=1S/C12H9N3O3/c16-9-3-1-2-8-10(9)6(4-13-8)11-7(12(17)18)5-14-15-11/h1-5,13,16H,(H,14,15)(H,17,18). The lowest BCUT2D eigenvalue weighted by Crippen LogP contribution is -1.96. The van der Waals surface area contributed by atoms with E-state index in [1.165, 1.54) is 6.20 Å². The first kappa shape index (κ1) is 10.4. The van der Waals surface area contributed by atoms with Crippen LogP contribution in [0.3, 0.4) is 0 Å². The molecule has 6 heteroatoms. The summed E-state index contributed by atoms with van der Waals surface area (Å²) in [4.78, 5) is 14.0. The largest absolute Gasteiger partial charge is 0.507 e. The first-order valence-corrected chi connectivity index (χ1v) is 5.24. The fraction of sp³-hybridized carbons (Fsp3) is 0. The van der Waals surface area contributed by atoms with Gasteiger partial charge in [-0.1, -0.05) is 6.07 Å². The predicted molar refractivity (Wildman–Crippen MR) is 64.5 cm³/mol. The Morgan fingerprint density at radius 3 is 2.94 bits per heavy atom. The number of phenols is 1. The Balaban J connectivity index is 2.32. The SMILES string of the molecule is O=C(O)c1cn[nH]c1-c1c[nH]c2cccc(O)c12. The van der Waals surface area contributed by atoms with Crippen molar-refractivity contribution >= 4 is 16.9 Å². The third-order valence-corrected chi connectivity index (χ3v) is 2.82. The van der Waals surface area contributed by atoms with Crippen molar-refractivity contribution in [2.24, 2.45) is 0 Å². The maximum absolute atomic E-state index is 11.1. The van der Waals surface area contributed by atoms with Crippen LogP contribution in [0.25, 0.3) is 22.2 Å². The molecule has 0 aliphatic heterocycles. The molecule has 18 heavy (non-hydrogen) atoms. The molecule has 0 radical (unpaired) electrons. The van der Waals surface area contributed by atoms with Crippen molar-refractivity contribution in [3.8, 4) is 17.0 Å². The number of hydrogen-bond donors (Lipinski definition) is 4. The highest BCUT2D eigenvalue weighted by atomic mass is 16.4. The number of phenolic OH excluding ortho intramolecular Hbond substituents is 1. The number of aromatic amines is 2. The lowest BCUT2D eigenvalue weighted by molar-refractivity contribution is 0.0698. The second-order valence-corrected chi connectivity index (χ2v) is 3.87. The highest BCUT2D eigenvalue weighted by molar-refractivity contribution is 6.04. The van der Waals surface area contributed by atoms with Crippen LogP contribution in [0.1, 0.15) is 10.4 Å². The lowest BCUT2D eigenvalue weighted by Gasteiger charge is -2.00. The molecule has 3 rings (SSSR count). The summed E-state index contributed by atoms with van der Waals surface area (Å²) >= 11 is 0. The summed E-state index contributed by atoms with van der Waals surface area (Å²) in [5.74, 6) is -0.974. The van der Waals surface area contributed by atoms with E-state index in [1.54, 1.807) is 24.4 Å². The van der Waals surface area contributed by atoms with Crippen molar-refractivity contribution < 1.29 is 15.0 Å². The summed E-state index contributed by atoms with van der Waals surface area (Å²) in [5.41, 5.74) is 1.75. The molecule has 6 nitrogen and oxygen atoms in total. The Bertz CT molecular complexity index is 742. The van der Waals surface area contributed by atoms with Crippen molar-refractivity contribution in [1.82, 2.24) is 15.2 Å². The number of carboxylic acid groups (broad SMARTS) is 1. The second-order valence-electron chi connectivity index (χ2n) is 3.87. The van der Waals surface area contributed by atoms with Crippen LogP contribution < -0.4 is 0 Å². The number of carbonyl (C=O) groups is 1. The van der Waals surface area contributed by atoms with Gasteiger partial charge in [0, 0.05) is 17.3 Å². The fourth-order valence-corrected chi connectivity index (χ4v) is 2.02. The molecular weight excluding hydrogens is 234 g/mol. The molecule has 0 amide bonds. The van der Waals surface area contributed by atoms with E-state index >= 15 is 0 Å². The summed E-state index contributed by atoms with van der Waals surface area (Å²) in [5, 5.41) is 25.9. The third-order valence-electron chi connectivity index (χ3n) is 2.82. The zero-order valence-corrected chi connectivity index (χ0v) is 9.14. The van der Waals surface area contributed by atoms with Gasteiger partial charge in [0.25, 0.3) is 0 Å². The fourth-order valence-electron chi connectivity index (χ4n) is 2.02. The van der Waals surface area contributed by atoms with E-state index in [0.29, 0.717) is 16.6 Å². The Hall–Kier alpha value is -2.76. The lowest BCUT2D eigenvalue weighted by atomic mass is 10.1. The number of hydrogen-bond acceptors (Lipinski definition) is 3. The number of rotatable bonds is 2. The number of carboxylic acids is 1. The zero-order valence-electron chi connectivity index (χ0n) is 9.14. The van der Waals surface area contributed by atoms with Crippen molar-refractivity contribution in [2.75, 3.05) is 0 Å². The van der Waals surface area contributed by atoms with Crippen LogP contribution in [-0.2, 0) is 0 Å². The minimum Gasteiger partial charge on any atom is -0.507 e. The monoisotopic (exact) mass is 243 g/mol. The highest BCUT2D eigenvalue weighted by Crippen LogP contribution is 2.34. The van der Waals surface area contributed by atoms with Crippen molar-refractivity contribution in [2.45, 2.75) is 0 Å². The van der Waals surface area contributed by atoms with E-state index in [0.717, 1.165) is 5.52 Å². The summed E-state index contributed by atoms with van der Waals surface area (Å²) in [6.07, 6.45) is 2.89. The molecule has 0 atom stereocenters. The minimum absolute atomic E-state index is 0.0687. The van der Waals surface area contributed by atoms with Gasteiger partial charge in [-0.2, -0.15) is 5.10 Å². The van der Waals surface area contributed by atoms with Gasteiger partial charge in [0.1, 0.15) is 11.3 Å². The number of nitrogens with one attached hydrogen (secondary N) is 2. The van der Waals surface area contributed by atoms with Crippen molar-refractivity contribution in [3.05, 3.63) is 36.2 Å². The van der Waals surface area contributed by atoms with Crippen molar-refractivity contribution in [1.29, 1.82) is 0 Å². The summed E-state index contributed by atoms with van der Waals surface area (Å²) in [6, 6.07) is 5.06. The van der Waals surface area contributed by atoms with Crippen LogP contribution in [0.4, 0.5) is 0 Å². The van der Waals surface area contributed by atoms with Crippen molar-refractivity contribution in [3.63, 3.8) is 0 Å². The number of aromatic nitrogens is 3. The molecule has 0 saturated carbocycles. The number of nitrogens with zero attached hydrogens (tertiary/aromatic N) is 1. The topological polar surface area (TPSA) is 102 Å². The Labute approximate surface area is 101 Å². The molecule has 0 bridgehead atoms. The molecule has 0 aliphatic carbocycles. The Morgan fingerprint density at radius 1 is 1.33 bits per heavy atom. The van der Waals surface area contributed by atoms with Crippen LogP contribution in [0.2, 0.25) is 0 Å². The molecule has 0 aliphatic rings. The average molecular weight is 243 g/mol. The van der Waals surface area contributed by atoms with E-state index in [9.17, 15) is 9.90 Å². The van der Waals surface area contributed by atoms with Gasteiger partial charge < -0.3 is 15.2 Å². The van der Waals surface area contributed by atoms with E-state index in [1.807, 2.05) is 0 Å². The number of fused-ring (bicyclic) bond motifs is 1. The number of benzene rings is 1. The molecule has 0 fully saturated rings. The number of aromatic carboxylic acids is 1. The van der Waals surface area contributed by atoms with Crippen LogP contribution in [0.15, 0.2) is 30.6 Å². The summed E-state index contributed by atoms with van der Waals surface area (Å²) in [7, 11) is 0. The predicted octanol–water partition coefficient (Wildman–Crippen LogP) is 1.96. The maximum Gasteiger partial charge on any atom is 0.339 e. The van der Waals surface area contributed by atoms with E-state index in [2.05, 4.69) is 15.2 Å². The van der Waals surface area contributed by atoms with E-state index in [4.69, 9.17) is 5.11 Å². The summed E-state index contributed by atoms with van der Waals surface area (Å²) < 4.78 is 0. The molecular formula is C12H9N3O3. The van der Waals surface area contributed by atoms with Crippen LogP contribution in [0.5, 0.6) is 5.75 Å². The molecule has 2 aromatic heterocycles. The normalized spacial score (nSPS) is 10.9. The minimum atomic E-state index is -1.07. The second kappa shape index (κ2) is 3.63. The van der Waals surface area contributed by atoms with Gasteiger partial charge in [-0.3, -0.25) is 5.10 Å². The molecule has 0 spiro atoms. The first-order valence-electron chi connectivity index (χ1n) is 5.24. The molecule has 0 unspecified atom stereocenters. The van der Waals surface area contributed by atoms with Gasteiger partial charge in [0.2, 0.25) is 0 Å². The molecule has 4 N–H and O–H groups in total. The summed E-state index contributed by atoms with van der Waals surface area (Å²) in [6.45, 7) is 0. The molecule has 2 heterocycles. The van der Waals surface area contributed by atoms with Gasteiger partial charge >= 0.3 is 5.97 Å². The van der Waals surface area contributed by atoms with E-state index in [-0.39, 0.29) is 11.3 Å². The smallest absolute Gasteiger partial charge is 0.339 e. The van der Waals surface area contributed by atoms with Gasteiger partial charge in [0.05, 0.1) is 17.3 Å². The first-order chi connectivity index (χ1) is 8.68. The molecule has 0 saturated heterocycles. The molecule has 1 aromatic carbocycles. The molecule has 3 aromatic rings. The zero-order chi connectivity index (χ0) is 12.7. The van der Waals surface area contributed by atoms with Gasteiger partial charge in [-0.15, -0.1) is 0 Å². The quantitative estimate of drug-likeness (QED) is 0.552. The molecule has 90 valence electrons. The van der Waals surface area contributed by atoms with Crippen LogP contribution in [-0.4, -0.2) is 31.4 Å². The Kier molecular flexibility index (Phi) is 2.09. The number of H-pyrrole nitrogens is 2. The Morgan fingerprint density at radius 2 is 2.17 bits per heavy atom. The van der Waals surface area contributed by atoms with Gasteiger partial charge in [0.15, 0.2) is 0 Å². The van der Waals surface area contributed by atoms with Crippen LogP contribution in [0, 0.1) is 0 Å². The van der Waals surface area contributed by atoms with Crippen LogP contribution >= 0.6 is 0 Å². The maximum atomic E-state index is 11.1. The highest BCUT2D eigenvalue weighted by Gasteiger charge is 2.18. The van der Waals surface area contributed by atoms with E-state index < -0.39 is 5.97 Å². The number of aromatic hydroxyl groups is 1. The van der Waals surface area contributed by atoms with Gasteiger partial charge in [-0.25, -0.2) is 4.79 Å². The third kappa shape index (κ3) is 1.36. The van der Waals surface area contributed by atoms with Gasteiger partial charge in [-0.05, 0) is 12.1 Å². The average Bonchev–Trinajstić information content (AvgIpc) is 2.94.